The molecule has 0 spiro atoms. The number of rotatable bonds is 2. The highest BCUT2D eigenvalue weighted by molar-refractivity contribution is 7.14. The van der Waals surface area contributed by atoms with Crippen molar-refractivity contribution in [3.8, 4) is 11.8 Å². The van der Waals surface area contributed by atoms with E-state index in [1.165, 1.54) is 11.3 Å². The summed E-state index contributed by atoms with van der Waals surface area (Å²) in [5.41, 5.74) is 5.29. The molecule has 0 aliphatic carbocycles. The first-order valence-corrected chi connectivity index (χ1v) is 6.12. The lowest BCUT2D eigenvalue weighted by Gasteiger charge is -2.00. The van der Waals surface area contributed by atoms with E-state index in [0.717, 1.165) is 4.88 Å². The average molecular weight is 257 g/mol. The third kappa shape index (κ3) is 3.17. The maximum absolute atomic E-state index is 11.9. The third-order valence-corrected chi connectivity index (χ3v) is 3.05. The molecule has 0 unspecified atom stereocenters. The van der Waals surface area contributed by atoms with E-state index in [9.17, 15) is 4.79 Å². The quantitative estimate of drug-likeness (QED) is 0.805. The Bertz CT molecular complexity index is 595. The Morgan fingerprint density at radius 1 is 1.39 bits per heavy atom. The molecule has 2 heterocycles. The Morgan fingerprint density at radius 2 is 2.28 bits per heavy atom. The second-order valence-electron chi connectivity index (χ2n) is 3.34. The van der Waals surface area contributed by atoms with Crippen LogP contribution in [0.25, 0.3) is 0 Å². The second kappa shape index (κ2) is 5.96. The van der Waals surface area contributed by atoms with E-state index in [1.807, 2.05) is 6.07 Å². The van der Waals surface area contributed by atoms with E-state index in [2.05, 4.69) is 22.1 Å². The van der Waals surface area contributed by atoms with E-state index < -0.39 is 0 Å². The van der Waals surface area contributed by atoms with Gasteiger partial charge in [-0.1, -0.05) is 17.9 Å². The van der Waals surface area contributed by atoms with Crippen molar-refractivity contribution in [2.24, 2.45) is 5.73 Å². The van der Waals surface area contributed by atoms with Gasteiger partial charge in [0.15, 0.2) is 0 Å². The summed E-state index contributed by atoms with van der Waals surface area (Å²) in [4.78, 5) is 17.3. The number of thiophene rings is 1. The fourth-order valence-electron chi connectivity index (χ4n) is 1.28. The number of nitrogens with zero attached hydrogens (tertiary/aromatic N) is 1. The highest BCUT2D eigenvalue weighted by Crippen LogP contribution is 2.16. The summed E-state index contributed by atoms with van der Waals surface area (Å²) in [5.74, 6) is 5.99. The number of nitrogens with two attached hydrogens (primary N) is 1. The zero-order valence-electron chi connectivity index (χ0n) is 9.51. The summed E-state index contributed by atoms with van der Waals surface area (Å²) in [6, 6.07) is 8.89. The standard InChI is InChI=1S/C13H11N3OS/c14-8-3-4-10-6-7-11(18-10)13(17)16-12-5-1-2-9-15-12/h1-2,5-7,9H,8,14H2,(H,15,16,17). The number of nitrogens with one attached hydrogen (secondary N) is 1. The Hall–Kier alpha value is -2.16. The number of hydrogen-bond donors (Lipinski definition) is 2. The van der Waals surface area contributed by atoms with Crippen LogP contribution in [0.3, 0.4) is 0 Å². The summed E-state index contributed by atoms with van der Waals surface area (Å²) in [5, 5.41) is 2.72. The first kappa shape index (κ1) is 12.3. The SMILES string of the molecule is NCC#Cc1ccc(C(=O)Nc2ccccn2)s1. The summed E-state index contributed by atoms with van der Waals surface area (Å²) in [7, 11) is 0. The van der Waals surface area contributed by atoms with Gasteiger partial charge in [0.2, 0.25) is 0 Å². The van der Waals surface area contributed by atoms with Crippen LogP contribution in [0.15, 0.2) is 36.5 Å². The van der Waals surface area contributed by atoms with E-state index in [1.54, 1.807) is 30.5 Å². The van der Waals surface area contributed by atoms with Crippen molar-refractivity contribution in [2.75, 3.05) is 11.9 Å². The van der Waals surface area contributed by atoms with Gasteiger partial charge >= 0.3 is 0 Å². The van der Waals surface area contributed by atoms with Gasteiger partial charge in [0.1, 0.15) is 5.82 Å². The minimum atomic E-state index is -0.181. The van der Waals surface area contributed by atoms with Crippen molar-refractivity contribution in [3.05, 3.63) is 46.3 Å². The molecule has 0 aliphatic heterocycles. The van der Waals surface area contributed by atoms with Gasteiger partial charge in [-0.2, -0.15) is 0 Å². The molecule has 5 heteroatoms. The normalized spacial score (nSPS) is 9.39. The molecule has 2 aromatic heterocycles. The topological polar surface area (TPSA) is 68.0 Å². The molecule has 2 rings (SSSR count). The van der Waals surface area contributed by atoms with E-state index in [-0.39, 0.29) is 5.91 Å². The maximum Gasteiger partial charge on any atom is 0.266 e. The van der Waals surface area contributed by atoms with Gasteiger partial charge in [-0.15, -0.1) is 11.3 Å². The number of carbonyl (C=O) groups excluding carboxylic acids is 1. The average Bonchev–Trinajstić information content (AvgIpc) is 2.86. The molecule has 1 amide bonds. The van der Waals surface area contributed by atoms with Crippen LogP contribution in [0.5, 0.6) is 0 Å². The first-order valence-electron chi connectivity index (χ1n) is 5.31. The molecule has 18 heavy (non-hydrogen) atoms. The van der Waals surface area contributed by atoms with E-state index >= 15 is 0 Å². The molecule has 0 bridgehead atoms. The molecule has 4 nitrogen and oxygen atoms in total. The van der Waals surface area contributed by atoms with Gasteiger partial charge in [-0.3, -0.25) is 4.79 Å². The number of hydrogen-bond acceptors (Lipinski definition) is 4. The number of amides is 1. The fraction of sp³-hybridized carbons (Fsp3) is 0.0769. The highest BCUT2D eigenvalue weighted by atomic mass is 32.1. The molecule has 2 aromatic rings. The molecule has 90 valence electrons. The van der Waals surface area contributed by atoms with Crippen LogP contribution >= 0.6 is 11.3 Å². The third-order valence-electron chi connectivity index (χ3n) is 2.05. The van der Waals surface area contributed by atoms with Gasteiger partial charge in [-0.25, -0.2) is 4.98 Å². The van der Waals surface area contributed by atoms with E-state index in [0.29, 0.717) is 17.2 Å². The highest BCUT2D eigenvalue weighted by Gasteiger charge is 2.08. The molecule has 0 atom stereocenters. The van der Waals surface area contributed by atoms with Crippen LogP contribution in [0.4, 0.5) is 5.82 Å². The van der Waals surface area contributed by atoms with Gasteiger partial charge < -0.3 is 11.1 Å². The van der Waals surface area contributed by atoms with Crippen molar-refractivity contribution in [2.45, 2.75) is 0 Å². The van der Waals surface area contributed by atoms with Gasteiger partial charge in [0.05, 0.1) is 16.3 Å². The lowest BCUT2D eigenvalue weighted by molar-refractivity contribution is 0.103. The lowest BCUT2D eigenvalue weighted by Crippen LogP contribution is -2.10. The van der Waals surface area contributed by atoms with Crippen molar-refractivity contribution in [1.82, 2.24) is 4.98 Å². The van der Waals surface area contributed by atoms with Crippen LogP contribution in [-0.4, -0.2) is 17.4 Å². The predicted molar refractivity (Wildman–Crippen MR) is 72.4 cm³/mol. The monoisotopic (exact) mass is 257 g/mol. The molecular formula is C13H11N3OS. The van der Waals surface area contributed by atoms with Gasteiger partial charge in [0, 0.05) is 6.20 Å². The van der Waals surface area contributed by atoms with Crippen LogP contribution in [0, 0.1) is 11.8 Å². The second-order valence-corrected chi connectivity index (χ2v) is 4.42. The Labute approximate surface area is 109 Å². The summed E-state index contributed by atoms with van der Waals surface area (Å²) < 4.78 is 0. The van der Waals surface area contributed by atoms with Crippen LogP contribution in [0.2, 0.25) is 0 Å². The summed E-state index contributed by atoms with van der Waals surface area (Å²) in [6.45, 7) is 0.313. The number of anilines is 1. The number of pyridine rings is 1. The summed E-state index contributed by atoms with van der Waals surface area (Å²) in [6.07, 6.45) is 1.63. The van der Waals surface area contributed by atoms with Gasteiger partial charge in [0.25, 0.3) is 5.91 Å². The van der Waals surface area contributed by atoms with Gasteiger partial charge in [-0.05, 0) is 24.3 Å². The smallest absolute Gasteiger partial charge is 0.266 e. The Morgan fingerprint density at radius 3 is 3.00 bits per heavy atom. The number of carbonyl (C=O) groups is 1. The van der Waals surface area contributed by atoms with Crippen molar-refractivity contribution >= 4 is 23.1 Å². The van der Waals surface area contributed by atoms with Crippen LogP contribution in [0.1, 0.15) is 14.5 Å². The van der Waals surface area contributed by atoms with Crippen molar-refractivity contribution in [1.29, 1.82) is 0 Å². The lowest BCUT2D eigenvalue weighted by atomic mass is 10.4. The Balaban J connectivity index is 2.08. The largest absolute Gasteiger partial charge is 0.320 e. The molecule has 0 aliphatic rings. The molecule has 0 fully saturated rings. The molecule has 0 aromatic carbocycles. The van der Waals surface area contributed by atoms with Crippen LogP contribution in [-0.2, 0) is 0 Å². The van der Waals surface area contributed by atoms with Crippen LogP contribution < -0.4 is 11.1 Å². The number of aromatic nitrogens is 1. The first-order chi connectivity index (χ1) is 8.79. The zero-order chi connectivity index (χ0) is 12.8. The van der Waals surface area contributed by atoms with Crippen molar-refractivity contribution in [3.63, 3.8) is 0 Å². The fourth-order valence-corrected chi connectivity index (χ4v) is 2.06. The molecule has 0 saturated carbocycles. The summed E-state index contributed by atoms with van der Waals surface area (Å²) >= 11 is 1.33. The zero-order valence-corrected chi connectivity index (χ0v) is 10.3. The van der Waals surface area contributed by atoms with E-state index in [4.69, 9.17) is 5.73 Å². The predicted octanol–water partition coefficient (Wildman–Crippen LogP) is 1.71. The molecule has 3 N–H and O–H groups in total. The molecule has 0 radical (unpaired) electrons. The minimum Gasteiger partial charge on any atom is -0.320 e. The molecule has 0 saturated heterocycles. The Kier molecular flexibility index (Phi) is 4.07. The molecular weight excluding hydrogens is 246 g/mol. The maximum atomic E-state index is 11.9. The van der Waals surface area contributed by atoms with Crippen molar-refractivity contribution < 1.29 is 4.79 Å². The minimum absolute atomic E-state index is 0.181.